The first-order chi connectivity index (χ1) is 21.1. The van der Waals surface area contributed by atoms with Gasteiger partial charge < -0.3 is 4.74 Å². The van der Waals surface area contributed by atoms with Crippen molar-refractivity contribution in [3.05, 3.63) is 173 Å². The van der Waals surface area contributed by atoms with Gasteiger partial charge in [-0.1, -0.05) is 133 Å². The summed E-state index contributed by atoms with van der Waals surface area (Å²) < 4.78 is 6.71. The van der Waals surface area contributed by atoms with Crippen molar-refractivity contribution in [2.24, 2.45) is 0 Å². The first kappa shape index (κ1) is 25.8. The highest BCUT2D eigenvalue weighted by Crippen LogP contribution is 2.61. The molecule has 1 atom stereocenters. The Morgan fingerprint density at radius 3 is 2.07 bits per heavy atom. The van der Waals surface area contributed by atoms with Gasteiger partial charge in [-0.3, -0.25) is 10.8 Å². The molecule has 1 heterocycles. The van der Waals surface area contributed by atoms with Crippen LogP contribution >= 0.6 is 11.8 Å². The molecule has 3 nitrogen and oxygen atoms in total. The lowest BCUT2D eigenvalue weighted by molar-refractivity contribution is 0.205. The van der Waals surface area contributed by atoms with Gasteiger partial charge in [0.2, 0.25) is 0 Å². The Balaban J connectivity index is 1.26. The van der Waals surface area contributed by atoms with E-state index in [1.54, 1.807) is 0 Å². The Hall–Kier alpha value is -4.93. The van der Waals surface area contributed by atoms with E-state index in [0.29, 0.717) is 10.1 Å². The molecule has 5 aromatic rings. The number of allylic oxidation sites excluding steroid dienone is 2. The standard InChI is InChI=1S/C39H28N2OS/c40-37(25-11-2-1-3-12-25)43-38(41)28-14-10-13-26(23-28)27-21-22-36-34(24-27)39(33-19-8-9-20-35(33)42-36)31-17-6-4-15-29(31)30-16-5-7-18-32(30)39/h1-19,21-24,35,40-41H,20H2. The summed E-state index contributed by atoms with van der Waals surface area (Å²) in [5, 5.41) is 18.0. The fourth-order valence-electron chi connectivity index (χ4n) is 6.99. The third-order valence-electron chi connectivity index (χ3n) is 8.85. The molecule has 1 unspecified atom stereocenters. The van der Waals surface area contributed by atoms with Crippen LogP contribution in [0, 0.1) is 10.8 Å². The maximum absolute atomic E-state index is 8.80. The van der Waals surface area contributed by atoms with Crippen molar-refractivity contribution in [2.75, 3.05) is 0 Å². The number of rotatable bonds is 3. The largest absolute Gasteiger partial charge is 0.485 e. The van der Waals surface area contributed by atoms with Crippen molar-refractivity contribution >= 4 is 21.8 Å². The number of benzene rings is 5. The highest BCUT2D eigenvalue weighted by Gasteiger charge is 2.53. The molecule has 0 saturated carbocycles. The van der Waals surface area contributed by atoms with Crippen LogP contribution in [0.2, 0.25) is 0 Å². The normalized spacial score (nSPS) is 16.7. The SMILES string of the molecule is N=C(SC(=N)c1cccc(-c2ccc3c(c2)C2(C4=CC=CCC4O3)c3ccccc3-c3ccccc32)c1)c1ccccc1. The summed E-state index contributed by atoms with van der Waals surface area (Å²) in [7, 11) is 0. The fourth-order valence-corrected chi connectivity index (χ4v) is 7.69. The third kappa shape index (κ3) is 3.98. The second kappa shape index (κ2) is 10.1. The number of hydrogen-bond acceptors (Lipinski definition) is 4. The van der Waals surface area contributed by atoms with Crippen LogP contribution < -0.4 is 4.74 Å². The molecule has 1 aliphatic heterocycles. The van der Waals surface area contributed by atoms with Crippen molar-refractivity contribution in [1.82, 2.24) is 0 Å². The van der Waals surface area contributed by atoms with Crippen LogP contribution in [-0.2, 0) is 5.41 Å². The molecular weight excluding hydrogens is 545 g/mol. The summed E-state index contributed by atoms with van der Waals surface area (Å²) in [5.74, 6) is 0.920. The third-order valence-corrected chi connectivity index (χ3v) is 9.72. The predicted molar refractivity (Wildman–Crippen MR) is 178 cm³/mol. The van der Waals surface area contributed by atoms with Gasteiger partial charge in [-0.2, -0.15) is 0 Å². The molecule has 0 fully saturated rings. The highest BCUT2D eigenvalue weighted by atomic mass is 32.2. The average molecular weight is 573 g/mol. The molecule has 0 amide bonds. The van der Waals surface area contributed by atoms with Crippen molar-refractivity contribution in [1.29, 1.82) is 10.8 Å². The zero-order valence-electron chi connectivity index (χ0n) is 23.4. The fraction of sp³-hybridized carbons (Fsp3) is 0.0769. The Bertz CT molecular complexity index is 1960. The van der Waals surface area contributed by atoms with E-state index >= 15 is 0 Å². The van der Waals surface area contributed by atoms with Crippen LogP contribution in [0.4, 0.5) is 0 Å². The second-order valence-corrected chi connectivity index (χ2v) is 12.2. The van der Waals surface area contributed by atoms with E-state index in [2.05, 4.69) is 97.1 Å². The van der Waals surface area contributed by atoms with Crippen LogP contribution in [0.5, 0.6) is 5.75 Å². The Morgan fingerprint density at radius 1 is 0.651 bits per heavy atom. The van der Waals surface area contributed by atoms with Gasteiger partial charge in [0, 0.05) is 23.1 Å². The Kier molecular flexibility index (Phi) is 6.06. The molecule has 206 valence electrons. The topological polar surface area (TPSA) is 56.9 Å². The molecule has 0 saturated heterocycles. The minimum atomic E-state index is -0.447. The highest BCUT2D eigenvalue weighted by molar-refractivity contribution is 8.27. The molecular formula is C39H28N2OS. The van der Waals surface area contributed by atoms with Crippen LogP contribution in [-0.4, -0.2) is 16.2 Å². The van der Waals surface area contributed by atoms with Gasteiger partial charge in [-0.15, -0.1) is 0 Å². The first-order valence-electron chi connectivity index (χ1n) is 14.5. The van der Waals surface area contributed by atoms with E-state index < -0.39 is 5.41 Å². The van der Waals surface area contributed by atoms with Crippen LogP contribution in [0.1, 0.15) is 34.2 Å². The van der Waals surface area contributed by atoms with Crippen LogP contribution in [0.3, 0.4) is 0 Å². The summed E-state index contributed by atoms with van der Waals surface area (Å²) in [6, 6.07) is 41.9. The van der Waals surface area contributed by atoms with Crippen LogP contribution in [0.15, 0.2) is 145 Å². The molecule has 4 heteroatoms. The van der Waals surface area contributed by atoms with Gasteiger partial charge in [-0.05, 0) is 57.2 Å². The van der Waals surface area contributed by atoms with Crippen molar-refractivity contribution in [3.63, 3.8) is 0 Å². The molecule has 2 N–H and O–H groups in total. The zero-order valence-corrected chi connectivity index (χ0v) is 24.2. The van der Waals surface area contributed by atoms with E-state index in [1.807, 2.05) is 42.5 Å². The van der Waals surface area contributed by atoms with Crippen molar-refractivity contribution < 1.29 is 4.74 Å². The zero-order chi connectivity index (χ0) is 29.0. The lowest BCUT2D eigenvalue weighted by atomic mass is 9.63. The Labute approximate surface area is 255 Å². The van der Waals surface area contributed by atoms with Gasteiger partial charge in [-0.25, -0.2) is 0 Å². The lowest BCUT2D eigenvalue weighted by Gasteiger charge is -2.45. The summed E-state index contributed by atoms with van der Waals surface area (Å²) in [6.07, 6.45) is 7.46. The van der Waals surface area contributed by atoms with E-state index in [4.69, 9.17) is 15.6 Å². The van der Waals surface area contributed by atoms with Gasteiger partial charge in [0.15, 0.2) is 0 Å². The molecule has 8 rings (SSSR count). The summed E-state index contributed by atoms with van der Waals surface area (Å²) in [5.41, 5.74) is 10.9. The molecule has 0 bridgehead atoms. The monoisotopic (exact) mass is 572 g/mol. The molecule has 1 spiro atoms. The molecule has 3 aliphatic rings. The quantitative estimate of drug-likeness (QED) is 0.167. The molecule has 0 aromatic heterocycles. The van der Waals surface area contributed by atoms with Gasteiger partial charge >= 0.3 is 0 Å². The average Bonchev–Trinajstić information content (AvgIpc) is 3.36. The summed E-state index contributed by atoms with van der Waals surface area (Å²) >= 11 is 1.18. The second-order valence-electron chi connectivity index (χ2n) is 11.2. The number of fused-ring (bicyclic) bond motifs is 9. The maximum atomic E-state index is 8.80. The van der Waals surface area contributed by atoms with Crippen molar-refractivity contribution in [2.45, 2.75) is 17.9 Å². The molecule has 5 aromatic carbocycles. The van der Waals surface area contributed by atoms with E-state index in [9.17, 15) is 0 Å². The van der Waals surface area contributed by atoms with Gasteiger partial charge in [0.25, 0.3) is 0 Å². The lowest BCUT2D eigenvalue weighted by Crippen LogP contribution is -2.42. The van der Waals surface area contributed by atoms with E-state index in [-0.39, 0.29) is 6.10 Å². The van der Waals surface area contributed by atoms with E-state index in [0.717, 1.165) is 40.0 Å². The summed E-state index contributed by atoms with van der Waals surface area (Å²) in [4.78, 5) is 0. The predicted octanol–water partition coefficient (Wildman–Crippen LogP) is 9.40. The molecule has 0 radical (unpaired) electrons. The number of ether oxygens (including phenoxy) is 1. The molecule has 2 aliphatic carbocycles. The number of hydrogen-bond donors (Lipinski definition) is 2. The van der Waals surface area contributed by atoms with Gasteiger partial charge in [0.05, 0.1) is 5.41 Å². The first-order valence-corrected chi connectivity index (χ1v) is 15.3. The molecule has 43 heavy (non-hydrogen) atoms. The number of thioether (sulfide) groups is 1. The van der Waals surface area contributed by atoms with Crippen molar-refractivity contribution in [3.8, 4) is 28.0 Å². The van der Waals surface area contributed by atoms with Crippen LogP contribution in [0.25, 0.3) is 22.3 Å². The van der Waals surface area contributed by atoms with Gasteiger partial charge in [0.1, 0.15) is 21.9 Å². The minimum absolute atomic E-state index is 0.0247. The summed E-state index contributed by atoms with van der Waals surface area (Å²) in [6.45, 7) is 0. The maximum Gasteiger partial charge on any atom is 0.125 e. The minimum Gasteiger partial charge on any atom is -0.485 e. The van der Waals surface area contributed by atoms with E-state index in [1.165, 1.54) is 39.6 Å². The Morgan fingerprint density at radius 2 is 1.30 bits per heavy atom. The smallest absolute Gasteiger partial charge is 0.125 e. The number of nitrogens with one attached hydrogen (secondary N) is 2.